The lowest BCUT2D eigenvalue weighted by molar-refractivity contribution is 0.600. The van der Waals surface area contributed by atoms with Crippen LogP contribution in [0.25, 0.3) is 0 Å². The number of aromatic nitrogens is 4. The lowest BCUT2D eigenvalue weighted by Crippen LogP contribution is -2.13. The Balaban J connectivity index is 1.79. The van der Waals surface area contributed by atoms with Gasteiger partial charge >= 0.3 is 0 Å². The second kappa shape index (κ2) is 6.29. The Morgan fingerprint density at radius 1 is 1.25 bits per heavy atom. The number of halogens is 1. The molecule has 9 heteroatoms. The minimum atomic E-state index is -3.70. The molecule has 1 N–H and O–H groups in total. The van der Waals surface area contributed by atoms with Crippen molar-refractivity contribution in [3.05, 3.63) is 59.1 Å². The van der Waals surface area contributed by atoms with Crippen molar-refractivity contribution in [3.63, 3.8) is 0 Å². The number of hydrogen-bond donors (Lipinski definition) is 1. The Hall–Kier alpha value is -2.32. The monoisotopic (exact) mass is 365 g/mol. The maximum Gasteiger partial charge on any atom is 0.265 e. The fourth-order valence-electron chi connectivity index (χ4n) is 2.36. The molecule has 3 rings (SSSR count). The third-order valence-electron chi connectivity index (χ3n) is 3.43. The molecule has 1 aromatic carbocycles. The standard InChI is InChI=1S/C15H16ClN5O2S/c1-11-15(10-20(2)18-11)24(22,23)19-13-7-17-21(9-13)8-12-5-3-4-6-14(12)16/h3-7,9-10,19H,8H2,1-2H3. The molecule has 0 aliphatic carbocycles. The summed E-state index contributed by atoms with van der Waals surface area (Å²) in [6, 6.07) is 7.44. The van der Waals surface area contributed by atoms with Crippen molar-refractivity contribution in [2.45, 2.75) is 18.4 Å². The van der Waals surface area contributed by atoms with Crippen molar-refractivity contribution >= 4 is 27.3 Å². The van der Waals surface area contributed by atoms with Crippen molar-refractivity contribution in [2.75, 3.05) is 4.72 Å². The second-order valence-electron chi connectivity index (χ2n) is 5.38. The van der Waals surface area contributed by atoms with Crippen LogP contribution in [0.1, 0.15) is 11.3 Å². The quantitative estimate of drug-likeness (QED) is 0.752. The molecule has 0 aliphatic rings. The lowest BCUT2D eigenvalue weighted by Gasteiger charge is -2.05. The van der Waals surface area contributed by atoms with Crippen LogP contribution in [0, 0.1) is 6.92 Å². The fraction of sp³-hybridized carbons (Fsp3) is 0.200. The van der Waals surface area contributed by atoms with E-state index in [0.29, 0.717) is 22.9 Å². The molecule has 0 aliphatic heterocycles. The van der Waals surface area contributed by atoms with Crippen LogP contribution >= 0.6 is 11.6 Å². The van der Waals surface area contributed by atoms with Gasteiger partial charge in [0.15, 0.2) is 0 Å². The van der Waals surface area contributed by atoms with Gasteiger partial charge in [0.25, 0.3) is 10.0 Å². The first kappa shape index (κ1) is 16.5. The Bertz CT molecular complexity index is 977. The van der Waals surface area contributed by atoms with E-state index in [9.17, 15) is 8.42 Å². The van der Waals surface area contributed by atoms with E-state index >= 15 is 0 Å². The zero-order valence-corrected chi connectivity index (χ0v) is 14.7. The van der Waals surface area contributed by atoms with E-state index in [4.69, 9.17) is 11.6 Å². The van der Waals surface area contributed by atoms with Gasteiger partial charge in [0.2, 0.25) is 0 Å². The summed E-state index contributed by atoms with van der Waals surface area (Å²) in [7, 11) is -2.03. The first-order valence-corrected chi connectivity index (χ1v) is 9.00. The van der Waals surface area contributed by atoms with Gasteiger partial charge in [-0.1, -0.05) is 29.8 Å². The van der Waals surface area contributed by atoms with E-state index in [2.05, 4.69) is 14.9 Å². The van der Waals surface area contributed by atoms with E-state index < -0.39 is 10.0 Å². The van der Waals surface area contributed by atoms with Gasteiger partial charge in [-0.05, 0) is 18.6 Å². The summed E-state index contributed by atoms with van der Waals surface area (Å²) in [5, 5.41) is 8.86. The molecule has 0 saturated carbocycles. The van der Waals surface area contributed by atoms with Crippen LogP contribution in [0.15, 0.2) is 47.8 Å². The minimum absolute atomic E-state index is 0.142. The normalized spacial score (nSPS) is 11.6. The van der Waals surface area contributed by atoms with Crippen LogP contribution in [-0.4, -0.2) is 28.0 Å². The molecule has 24 heavy (non-hydrogen) atoms. The highest BCUT2D eigenvalue weighted by Gasteiger charge is 2.20. The Kier molecular flexibility index (Phi) is 4.33. The van der Waals surface area contributed by atoms with E-state index in [1.54, 1.807) is 30.9 Å². The largest absolute Gasteiger partial charge is 0.276 e. The molecule has 2 aromatic heterocycles. The molecule has 0 unspecified atom stereocenters. The molecule has 0 saturated heterocycles. The van der Waals surface area contributed by atoms with Crippen LogP contribution < -0.4 is 4.72 Å². The molecule has 0 spiro atoms. The summed E-state index contributed by atoms with van der Waals surface area (Å²) in [5.74, 6) is 0. The van der Waals surface area contributed by atoms with E-state index in [0.717, 1.165) is 5.56 Å². The van der Waals surface area contributed by atoms with Crippen LogP contribution in [-0.2, 0) is 23.6 Å². The highest BCUT2D eigenvalue weighted by atomic mass is 35.5. The maximum absolute atomic E-state index is 12.4. The van der Waals surface area contributed by atoms with Gasteiger partial charge in [0.1, 0.15) is 4.90 Å². The van der Waals surface area contributed by atoms with E-state index in [1.807, 2.05) is 18.2 Å². The summed E-state index contributed by atoms with van der Waals surface area (Å²) >= 11 is 6.13. The Labute approximate surface area is 144 Å². The third kappa shape index (κ3) is 3.44. The maximum atomic E-state index is 12.4. The van der Waals surface area contributed by atoms with Gasteiger partial charge in [-0.25, -0.2) is 8.42 Å². The Morgan fingerprint density at radius 2 is 2.00 bits per heavy atom. The topological polar surface area (TPSA) is 81.8 Å². The minimum Gasteiger partial charge on any atom is -0.276 e. The molecule has 0 amide bonds. The zero-order valence-electron chi connectivity index (χ0n) is 13.1. The van der Waals surface area contributed by atoms with Gasteiger partial charge in [0.05, 0.1) is 24.1 Å². The Morgan fingerprint density at radius 3 is 2.67 bits per heavy atom. The third-order valence-corrected chi connectivity index (χ3v) is 5.29. The summed E-state index contributed by atoms with van der Waals surface area (Å²) in [4.78, 5) is 0.142. The molecule has 0 radical (unpaired) electrons. The van der Waals surface area contributed by atoms with Crippen molar-refractivity contribution in [1.82, 2.24) is 19.6 Å². The van der Waals surface area contributed by atoms with E-state index in [-0.39, 0.29) is 4.90 Å². The number of sulfonamides is 1. The average molecular weight is 366 g/mol. The van der Waals surface area contributed by atoms with Gasteiger partial charge < -0.3 is 0 Å². The number of nitrogens with zero attached hydrogens (tertiary/aromatic N) is 4. The lowest BCUT2D eigenvalue weighted by atomic mass is 10.2. The number of nitrogens with one attached hydrogen (secondary N) is 1. The van der Waals surface area contributed by atoms with Crippen LogP contribution in [0.2, 0.25) is 5.02 Å². The second-order valence-corrected chi connectivity index (χ2v) is 7.43. The molecule has 3 aromatic rings. The molecular formula is C15H16ClN5O2S. The smallest absolute Gasteiger partial charge is 0.265 e. The molecule has 2 heterocycles. The van der Waals surface area contributed by atoms with Crippen molar-refractivity contribution in [2.24, 2.45) is 7.05 Å². The van der Waals surface area contributed by atoms with Crippen LogP contribution in [0.3, 0.4) is 0 Å². The molecule has 126 valence electrons. The highest BCUT2D eigenvalue weighted by molar-refractivity contribution is 7.92. The van der Waals surface area contributed by atoms with Gasteiger partial charge in [-0.2, -0.15) is 10.2 Å². The fourth-order valence-corrected chi connectivity index (χ4v) is 3.80. The predicted octanol–water partition coefficient (Wildman–Crippen LogP) is 2.43. The predicted molar refractivity (Wildman–Crippen MR) is 91.5 cm³/mol. The number of benzene rings is 1. The van der Waals surface area contributed by atoms with Crippen molar-refractivity contribution < 1.29 is 8.42 Å². The van der Waals surface area contributed by atoms with Gasteiger partial charge in [0, 0.05) is 24.5 Å². The first-order chi connectivity index (χ1) is 11.3. The van der Waals surface area contributed by atoms with Gasteiger partial charge in [-0.3, -0.25) is 14.1 Å². The number of rotatable bonds is 5. The summed E-state index contributed by atoms with van der Waals surface area (Å²) in [5.41, 5.74) is 1.72. The molecule has 0 bridgehead atoms. The molecule has 0 atom stereocenters. The summed E-state index contributed by atoms with van der Waals surface area (Å²) in [6.07, 6.45) is 4.54. The SMILES string of the molecule is Cc1nn(C)cc1S(=O)(=O)Nc1cnn(Cc2ccccc2Cl)c1. The summed E-state index contributed by atoms with van der Waals surface area (Å²) < 4.78 is 30.5. The average Bonchev–Trinajstić information content (AvgIpc) is 3.07. The highest BCUT2D eigenvalue weighted by Crippen LogP contribution is 2.19. The summed E-state index contributed by atoms with van der Waals surface area (Å²) in [6.45, 7) is 2.10. The van der Waals surface area contributed by atoms with Gasteiger partial charge in [-0.15, -0.1) is 0 Å². The van der Waals surface area contributed by atoms with Crippen LogP contribution in [0.5, 0.6) is 0 Å². The first-order valence-electron chi connectivity index (χ1n) is 7.14. The number of anilines is 1. The molecule has 7 nitrogen and oxygen atoms in total. The van der Waals surface area contributed by atoms with Crippen LogP contribution in [0.4, 0.5) is 5.69 Å². The molecule has 0 fully saturated rings. The zero-order chi connectivity index (χ0) is 17.3. The van der Waals surface area contributed by atoms with E-state index in [1.165, 1.54) is 17.1 Å². The number of hydrogen-bond acceptors (Lipinski definition) is 4. The molecular weight excluding hydrogens is 350 g/mol. The van der Waals surface area contributed by atoms with Crippen molar-refractivity contribution in [1.29, 1.82) is 0 Å². The number of aryl methyl sites for hydroxylation is 2. The van der Waals surface area contributed by atoms with Crippen molar-refractivity contribution in [3.8, 4) is 0 Å².